The van der Waals surface area contributed by atoms with Crippen molar-refractivity contribution in [3.8, 4) is 5.75 Å². The molecule has 0 aromatic heterocycles. The van der Waals surface area contributed by atoms with Crippen molar-refractivity contribution in [2.45, 2.75) is 51.3 Å². The number of aliphatic carboxylic acids is 1. The molecule has 1 N–H and O–H groups in total. The van der Waals surface area contributed by atoms with Crippen LogP contribution in [0.25, 0.3) is 0 Å². The molecular formula is C28H33F6N3O5. The second-order valence-electron chi connectivity index (χ2n) is 10.0. The molecule has 0 radical (unpaired) electrons. The van der Waals surface area contributed by atoms with E-state index in [-0.39, 0.29) is 32.6 Å². The lowest BCUT2D eigenvalue weighted by atomic mass is 10.1. The smallest absolute Gasteiger partial charge is 0.434 e. The average molecular weight is 606 g/mol. The van der Waals surface area contributed by atoms with E-state index in [1.54, 1.807) is 7.11 Å². The summed E-state index contributed by atoms with van der Waals surface area (Å²) in [5.41, 5.74) is 3.72. The van der Waals surface area contributed by atoms with Gasteiger partial charge in [0.05, 0.1) is 7.11 Å². The van der Waals surface area contributed by atoms with Crippen LogP contribution in [0, 0.1) is 6.92 Å². The molecule has 0 saturated carbocycles. The Morgan fingerprint density at radius 1 is 0.976 bits per heavy atom. The minimum Gasteiger partial charge on any atom is -0.497 e. The summed E-state index contributed by atoms with van der Waals surface area (Å²) in [6, 6.07) is 13.3. The van der Waals surface area contributed by atoms with Gasteiger partial charge < -0.3 is 24.4 Å². The third-order valence-corrected chi connectivity index (χ3v) is 6.77. The fourth-order valence-corrected chi connectivity index (χ4v) is 4.58. The molecule has 1 aliphatic heterocycles. The van der Waals surface area contributed by atoms with Gasteiger partial charge in [0.2, 0.25) is 0 Å². The maximum absolute atomic E-state index is 12.8. The molecule has 1 saturated heterocycles. The quantitative estimate of drug-likeness (QED) is 0.333. The monoisotopic (exact) mass is 605 g/mol. The number of rotatable bonds is 11. The molecule has 1 fully saturated rings. The summed E-state index contributed by atoms with van der Waals surface area (Å²) >= 11 is 0. The number of methoxy groups -OCH3 is 1. The lowest BCUT2D eigenvalue weighted by molar-refractivity contribution is -0.308. The Bertz CT molecular complexity index is 1180. The van der Waals surface area contributed by atoms with E-state index in [9.17, 15) is 35.9 Å². The van der Waals surface area contributed by atoms with E-state index in [0.29, 0.717) is 31.8 Å². The van der Waals surface area contributed by atoms with Crippen LogP contribution < -0.4 is 9.64 Å². The number of piperazine rings is 1. The molecule has 2 aromatic rings. The van der Waals surface area contributed by atoms with Gasteiger partial charge in [-0.2, -0.15) is 26.3 Å². The van der Waals surface area contributed by atoms with Crippen LogP contribution in [0.15, 0.2) is 42.5 Å². The molecule has 1 aliphatic rings. The summed E-state index contributed by atoms with van der Waals surface area (Å²) < 4.78 is 85.9. The summed E-state index contributed by atoms with van der Waals surface area (Å²) in [7, 11) is 1.57. The summed E-state index contributed by atoms with van der Waals surface area (Å²) in [4.78, 5) is 28.2. The number of nitrogens with zero attached hydrogens (tertiary/aromatic N) is 3. The topological polar surface area (TPSA) is 82.5 Å². The summed E-state index contributed by atoms with van der Waals surface area (Å²) in [5.74, 6) is -0.208. The molecule has 8 nitrogen and oxygen atoms in total. The first-order chi connectivity index (χ1) is 19.7. The molecule has 2 aromatic carbocycles. The number of ether oxygens (including phenoxy) is 2. The number of hydrogen-bond donors (Lipinski definition) is 1. The van der Waals surface area contributed by atoms with Crippen LogP contribution in [0.5, 0.6) is 5.75 Å². The maximum Gasteiger partial charge on any atom is 0.434 e. The highest BCUT2D eigenvalue weighted by atomic mass is 19.4. The maximum atomic E-state index is 12.8. The van der Waals surface area contributed by atoms with Gasteiger partial charge in [0.1, 0.15) is 5.75 Å². The zero-order valence-electron chi connectivity index (χ0n) is 23.2. The van der Waals surface area contributed by atoms with E-state index >= 15 is 0 Å². The fraction of sp³-hybridized carbons (Fsp3) is 0.500. The van der Waals surface area contributed by atoms with E-state index in [1.165, 1.54) is 0 Å². The summed E-state index contributed by atoms with van der Waals surface area (Å²) in [6.07, 6.45) is -17.0. The first kappa shape index (κ1) is 32.8. The van der Waals surface area contributed by atoms with Gasteiger partial charge in [-0.25, -0.2) is 4.79 Å². The Morgan fingerprint density at radius 3 is 2.14 bits per heavy atom. The number of benzene rings is 2. The highest BCUT2D eigenvalue weighted by Gasteiger charge is 2.60. The van der Waals surface area contributed by atoms with E-state index in [2.05, 4.69) is 9.64 Å². The lowest BCUT2D eigenvalue weighted by Gasteiger charge is -2.36. The van der Waals surface area contributed by atoms with Gasteiger partial charge in [0.15, 0.2) is 0 Å². The van der Waals surface area contributed by atoms with E-state index < -0.39 is 30.5 Å². The van der Waals surface area contributed by atoms with Crippen LogP contribution in [-0.4, -0.2) is 85.3 Å². The van der Waals surface area contributed by atoms with Gasteiger partial charge in [-0.15, -0.1) is 0 Å². The third kappa shape index (κ3) is 9.43. The first-order valence-corrected chi connectivity index (χ1v) is 13.2. The highest BCUT2D eigenvalue weighted by molar-refractivity contribution is 5.68. The van der Waals surface area contributed by atoms with Crippen LogP contribution in [0.3, 0.4) is 0 Å². The average Bonchev–Trinajstić information content (AvgIpc) is 2.91. The van der Waals surface area contributed by atoms with Crippen molar-refractivity contribution < 1.29 is 50.5 Å². The molecule has 0 unspecified atom stereocenters. The summed E-state index contributed by atoms with van der Waals surface area (Å²) in [6.45, 7) is 3.42. The van der Waals surface area contributed by atoms with Gasteiger partial charge >= 0.3 is 24.4 Å². The molecule has 0 spiro atoms. The van der Waals surface area contributed by atoms with Crippen LogP contribution >= 0.6 is 0 Å². The number of carboxylic acid groups (broad SMARTS) is 1. The Hall–Kier alpha value is -3.68. The third-order valence-electron chi connectivity index (χ3n) is 6.77. The molecule has 0 bridgehead atoms. The molecule has 232 valence electrons. The fourth-order valence-electron chi connectivity index (χ4n) is 4.58. The van der Waals surface area contributed by atoms with Gasteiger partial charge in [0, 0.05) is 57.9 Å². The van der Waals surface area contributed by atoms with Crippen molar-refractivity contribution in [2.75, 3.05) is 44.7 Å². The normalized spacial score (nSPS) is 14.6. The van der Waals surface area contributed by atoms with Gasteiger partial charge in [-0.3, -0.25) is 9.69 Å². The van der Waals surface area contributed by atoms with Crippen molar-refractivity contribution in [1.82, 2.24) is 9.80 Å². The Kier molecular flexibility index (Phi) is 10.9. The number of anilines is 1. The zero-order chi connectivity index (χ0) is 31.1. The van der Waals surface area contributed by atoms with Crippen molar-refractivity contribution in [2.24, 2.45) is 0 Å². The number of carboxylic acids is 1. The van der Waals surface area contributed by atoms with Crippen LogP contribution in [-0.2, 0) is 22.6 Å². The highest BCUT2D eigenvalue weighted by Crippen LogP contribution is 2.36. The predicted molar refractivity (Wildman–Crippen MR) is 141 cm³/mol. The van der Waals surface area contributed by atoms with Crippen LogP contribution in [0.1, 0.15) is 29.5 Å². The Labute approximate surface area is 239 Å². The minimum absolute atomic E-state index is 0.0120. The first-order valence-electron chi connectivity index (χ1n) is 13.2. The number of hydrogen-bond acceptors (Lipinski definition) is 6. The largest absolute Gasteiger partial charge is 0.497 e. The lowest BCUT2D eigenvalue weighted by Crippen LogP contribution is -2.52. The van der Waals surface area contributed by atoms with E-state index in [4.69, 9.17) is 9.84 Å². The number of carbonyl (C=O) groups excluding carboxylic acids is 1. The minimum atomic E-state index is -5.78. The Balaban J connectivity index is 1.72. The molecule has 14 heteroatoms. The number of amides is 1. The molecule has 0 aliphatic carbocycles. The molecule has 1 heterocycles. The van der Waals surface area contributed by atoms with Crippen LogP contribution in [0.4, 0.5) is 36.8 Å². The van der Waals surface area contributed by atoms with Crippen molar-refractivity contribution in [3.05, 3.63) is 59.2 Å². The standard InChI is InChI=1S/C28H33F6N3O5/c1-19-5-8-21(18-35-12-14-36(15-13-35)26(40)42-25(27(29,30)31)28(32,33)34)23(16-19)37(11-3-4-24(38)39)17-20-6-9-22(41-2)10-7-20/h5-10,16,25H,3-4,11-15,17-18H2,1-2H3,(H,38,39). The number of aryl methyl sites for hydroxylation is 1. The van der Waals surface area contributed by atoms with Gasteiger partial charge in [-0.05, 0) is 48.2 Å². The summed E-state index contributed by atoms with van der Waals surface area (Å²) in [5, 5.41) is 9.16. The van der Waals surface area contributed by atoms with Gasteiger partial charge in [-0.1, -0.05) is 24.3 Å². The van der Waals surface area contributed by atoms with Crippen LogP contribution in [0.2, 0.25) is 0 Å². The van der Waals surface area contributed by atoms with Gasteiger partial charge in [0.25, 0.3) is 6.10 Å². The second kappa shape index (κ2) is 14.0. The van der Waals surface area contributed by atoms with Crippen molar-refractivity contribution >= 4 is 17.7 Å². The molecular weight excluding hydrogens is 572 g/mol. The van der Waals surface area contributed by atoms with Crippen molar-refractivity contribution in [3.63, 3.8) is 0 Å². The molecule has 0 atom stereocenters. The molecule has 3 rings (SSSR count). The Morgan fingerprint density at radius 2 is 1.60 bits per heavy atom. The number of halogens is 6. The van der Waals surface area contributed by atoms with E-state index in [0.717, 1.165) is 27.3 Å². The molecule has 42 heavy (non-hydrogen) atoms. The van der Waals surface area contributed by atoms with Crippen molar-refractivity contribution in [1.29, 1.82) is 0 Å². The van der Waals surface area contributed by atoms with E-state index in [1.807, 2.05) is 54.3 Å². The molecule has 1 amide bonds. The SMILES string of the molecule is COc1ccc(CN(CCCC(=O)O)c2cc(C)ccc2CN2CCN(C(=O)OC(C(F)(F)F)C(F)(F)F)CC2)cc1. The number of alkyl halides is 6. The zero-order valence-corrected chi connectivity index (χ0v) is 23.2. The predicted octanol–water partition coefficient (Wildman–Crippen LogP) is 5.62. The number of carbonyl (C=O) groups is 2. The second-order valence-corrected chi connectivity index (χ2v) is 10.0.